The van der Waals surface area contributed by atoms with Crippen LogP contribution in [-0.2, 0) is 22.7 Å². The summed E-state index contributed by atoms with van der Waals surface area (Å²) in [6.45, 7) is 6.41. The third kappa shape index (κ3) is 10.2. The van der Waals surface area contributed by atoms with Gasteiger partial charge >= 0.3 is 11.9 Å². The van der Waals surface area contributed by atoms with Gasteiger partial charge in [0.05, 0.1) is 22.4 Å². The van der Waals surface area contributed by atoms with E-state index >= 15 is 0 Å². The van der Waals surface area contributed by atoms with Crippen LogP contribution in [0, 0.1) is 0 Å². The normalized spacial score (nSPS) is 21.0. The number of hydrogen-bond acceptors (Lipinski definition) is 6. The van der Waals surface area contributed by atoms with Crippen LogP contribution in [0.15, 0.2) is 157 Å². The molecule has 2 aliphatic carbocycles. The van der Waals surface area contributed by atoms with Gasteiger partial charge in [0, 0.05) is 11.6 Å². The number of nitrogens with zero attached hydrogens (tertiary/aromatic N) is 4. The number of benzene rings is 2. The van der Waals surface area contributed by atoms with Gasteiger partial charge in [-0.15, -0.1) is 0 Å². The molecule has 0 aliphatic heterocycles. The maximum atomic E-state index is 13.7. The van der Waals surface area contributed by atoms with Gasteiger partial charge in [-0.1, -0.05) is 158 Å². The Kier molecular flexibility index (Phi) is 13.6. The highest BCUT2D eigenvalue weighted by molar-refractivity contribution is 5.93. The number of carbonyl (C=O) groups is 2. The van der Waals surface area contributed by atoms with E-state index in [-0.39, 0.29) is 36.8 Å². The predicted octanol–water partition coefficient (Wildman–Crippen LogP) is 8.90. The topological polar surface area (TPSA) is 88.2 Å². The van der Waals surface area contributed by atoms with Gasteiger partial charge in [0.25, 0.3) is 0 Å². The zero-order valence-corrected chi connectivity index (χ0v) is 31.9. The van der Waals surface area contributed by atoms with Gasteiger partial charge in [0.1, 0.15) is 13.2 Å². The maximum Gasteiger partial charge on any atom is 0.374 e. The highest BCUT2D eigenvalue weighted by Crippen LogP contribution is 2.27. The summed E-state index contributed by atoms with van der Waals surface area (Å²) in [5.41, 5.74) is 4.47. The average molecular weight is 743 g/mol. The van der Waals surface area contributed by atoms with Gasteiger partial charge in [0.2, 0.25) is 5.82 Å². The van der Waals surface area contributed by atoms with E-state index < -0.39 is 11.9 Å². The van der Waals surface area contributed by atoms with E-state index in [0.717, 1.165) is 27.7 Å². The standard InChI is InChI=1S/C48H46N4O4/c1-36(2)51-44-30-22-12-8-9-15-23-38(31-32-42(44)49-46(51)48(54)56-35-40-26-18-14-19-27-40)33-37(3)52-43-29-21-11-7-5-4-6-10-20-28-41(43)45(50-52)47(53)55-34-39-24-16-13-17-25-39/h4-32,36-37H,33-35H2,1-3H3/b5-4-,6-4?,7-5?,9-8-,10-6-,11-7-,12-8?,15-9?,20-10?,21-11?,22-12-,23-15-,28-20-,29-21-,30-22?,32-31?,38-23?,38-31+,41-28?,42-32+,43-29?,44-30+. The minimum absolute atomic E-state index is 0.0612. The Morgan fingerprint density at radius 2 is 1.18 bits per heavy atom. The number of ether oxygens (including phenoxy) is 2. The summed E-state index contributed by atoms with van der Waals surface area (Å²) in [4.78, 5) is 32.0. The summed E-state index contributed by atoms with van der Waals surface area (Å²) in [5.74, 6) is -0.748. The van der Waals surface area contributed by atoms with Crippen LogP contribution in [0.4, 0.5) is 0 Å². The van der Waals surface area contributed by atoms with Crippen molar-refractivity contribution in [3.8, 4) is 0 Å². The second-order valence-electron chi connectivity index (χ2n) is 13.5. The van der Waals surface area contributed by atoms with Crippen LogP contribution in [0.25, 0.3) is 24.3 Å². The first-order valence-corrected chi connectivity index (χ1v) is 18.8. The fourth-order valence-electron chi connectivity index (χ4n) is 6.28. The lowest BCUT2D eigenvalue weighted by molar-refractivity contribution is 0.0446. The molecule has 8 heteroatoms. The molecule has 0 N–H and O–H groups in total. The van der Waals surface area contributed by atoms with Crippen molar-refractivity contribution < 1.29 is 19.1 Å². The summed E-state index contributed by atoms with van der Waals surface area (Å²) in [6.07, 6.45) is 37.7. The molecule has 6 rings (SSSR count). The summed E-state index contributed by atoms with van der Waals surface area (Å²) < 4.78 is 15.3. The zero-order valence-electron chi connectivity index (χ0n) is 31.9. The van der Waals surface area contributed by atoms with Crippen LogP contribution in [0.5, 0.6) is 0 Å². The number of carbonyl (C=O) groups excluding carboxylic acids is 2. The minimum atomic E-state index is -0.500. The van der Waals surface area contributed by atoms with Crippen molar-refractivity contribution in [2.75, 3.05) is 0 Å². The zero-order chi connectivity index (χ0) is 39.1. The molecule has 0 spiro atoms. The molecule has 282 valence electrons. The van der Waals surface area contributed by atoms with Crippen LogP contribution in [0.2, 0.25) is 0 Å². The molecular formula is C48H46N4O4. The molecule has 2 aromatic heterocycles. The number of imidazole rings is 1. The van der Waals surface area contributed by atoms with Crippen LogP contribution in [0.1, 0.15) is 82.8 Å². The summed E-state index contributed by atoms with van der Waals surface area (Å²) in [6, 6.07) is 19.0. The van der Waals surface area contributed by atoms with Crippen LogP contribution < -0.4 is 10.7 Å². The smallest absolute Gasteiger partial charge is 0.374 e. The third-order valence-corrected chi connectivity index (χ3v) is 8.99. The lowest BCUT2D eigenvalue weighted by atomic mass is 10.0. The molecule has 0 bridgehead atoms. The van der Waals surface area contributed by atoms with Crippen molar-refractivity contribution in [3.63, 3.8) is 0 Å². The Balaban J connectivity index is 1.37. The Labute approximate surface area is 328 Å². The first-order valence-electron chi connectivity index (χ1n) is 18.8. The van der Waals surface area contributed by atoms with Crippen molar-refractivity contribution in [2.45, 2.75) is 52.5 Å². The fraction of sp³-hybridized carbons (Fsp3) is 0.167. The Morgan fingerprint density at radius 1 is 0.625 bits per heavy atom. The van der Waals surface area contributed by atoms with E-state index in [4.69, 9.17) is 19.6 Å². The molecule has 8 nitrogen and oxygen atoms in total. The predicted molar refractivity (Wildman–Crippen MR) is 224 cm³/mol. The second kappa shape index (κ2) is 19.5. The number of rotatable bonds is 10. The molecule has 0 fully saturated rings. The monoisotopic (exact) mass is 742 g/mol. The molecule has 0 amide bonds. The molecule has 1 unspecified atom stereocenters. The van der Waals surface area contributed by atoms with E-state index in [2.05, 4.69) is 13.0 Å². The van der Waals surface area contributed by atoms with Crippen LogP contribution in [0.3, 0.4) is 0 Å². The van der Waals surface area contributed by atoms with Crippen LogP contribution >= 0.6 is 0 Å². The summed E-state index contributed by atoms with van der Waals surface area (Å²) in [5, 5.41) is 6.35. The summed E-state index contributed by atoms with van der Waals surface area (Å²) in [7, 11) is 0. The molecule has 4 aromatic rings. The molecule has 0 saturated carbocycles. The number of fused-ring (bicyclic) bond motifs is 2. The number of esters is 2. The molecule has 0 radical (unpaired) electrons. The van der Waals surface area contributed by atoms with Gasteiger partial charge < -0.3 is 14.0 Å². The molecule has 1 atom stereocenters. The summed E-state index contributed by atoms with van der Waals surface area (Å²) >= 11 is 0. The molecule has 2 heterocycles. The van der Waals surface area contributed by atoms with E-state index in [1.54, 1.807) is 0 Å². The Bertz CT molecular complexity index is 2410. The molecular weight excluding hydrogens is 697 g/mol. The highest BCUT2D eigenvalue weighted by atomic mass is 16.5. The first kappa shape index (κ1) is 38.9. The molecule has 2 aromatic carbocycles. The van der Waals surface area contributed by atoms with E-state index in [9.17, 15) is 9.59 Å². The van der Waals surface area contributed by atoms with E-state index in [0.29, 0.717) is 17.3 Å². The van der Waals surface area contributed by atoms with E-state index in [1.165, 1.54) is 0 Å². The Hall–Kier alpha value is -6.80. The minimum Gasteiger partial charge on any atom is -0.456 e. The fourth-order valence-corrected chi connectivity index (χ4v) is 6.28. The maximum absolute atomic E-state index is 13.7. The van der Waals surface area contributed by atoms with Crippen LogP contribution in [-0.4, -0.2) is 31.3 Å². The molecule has 2 aliphatic rings. The lowest BCUT2D eigenvalue weighted by Crippen LogP contribution is -2.31. The van der Waals surface area contributed by atoms with Gasteiger partial charge in [-0.3, -0.25) is 4.68 Å². The number of aromatic nitrogens is 4. The lowest BCUT2D eigenvalue weighted by Gasteiger charge is -2.15. The van der Waals surface area contributed by atoms with Crippen molar-refractivity contribution in [2.24, 2.45) is 0 Å². The van der Waals surface area contributed by atoms with E-state index in [1.807, 2.05) is 193 Å². The molecule has 56 heavy (non-hydrogen) atoms. The van der Waals surface area contributed by atoms with Gasteiger partial charge in [0.15, 0.2) is 5.69 Å². The van der Waals surface area contributed by atoms with Crippen molar-refractivity contribution >= 4 is 36.2 Å². The van der Waals surface area contributed by atoms with Gasteiger partial charge in [-0.25, -0.2) is 14.6 Å². The first-order chi connectivity index (χ1) is 27.4. The molecule has 0 saturated heterocycles. The van der Waals surface area contributed by atoms with Gasteiger partial charge in [-0.2, -0.15) is 5.10 Å². The van der Waals surface area contributed by atoms with Crippen molar-refractivity contribution in [1.82, 2.24) is 19.3 Å². The SMILES string of the molecule is CC(CC1=C/C=c2/nc(C(=O)OCc3ccccc3)n(C(C)C)/c2=C/C=C\C=C/C=C\1)n1nc(C(=O)OCc2ccccc2)c2c1\C=C/C=C\C=C/C=C\C=C/2. The van der Waals surface area contributed by atoms with Crippen molar-refractivity contribution in [3.05, 3.63) is 202 Å². The Morgan fingerprint density at radius 3 is 1.80 bits per heavy atom. The number of allylic oxidation sites excluding steroid dienone is 16. The number of hydrogen-bond donors (Lipinski definition) is 0. The average Bonchev–Trinajstić information content (AvgIpc) is 3.76. The van der Waals surface area contributed by atoms with Crippen molar-refractivity contribution in [1.29, 1.82) is 0 Å². The highest BCUT2D eigenvalue weighted by Gasteiger charge is 2.24. The van der Waals surface area contributed by atoms with Gasteiger partial charge in [-0.05, 0) is 62.1 Å². The quantitative estimate of drug-likeness (QED) is 0.151. The largest absolute Gasteiger partial charge is 0.456 e. The second-order valence-corrected chi connectivity index (χ2v) is 13.5. The third-order valence-electron chi connectivity index (χ3n) is 8.99.